The lowest BCUT2D eigenvalue weighted by atomic mass is 9.90. The van der Waals surface area contributed by atoms with Crippen molar-refractivity contribution in [3.8, 4) is 11.3 Å². The molecule has 164 valence electrons. The van der Waals surface area contributed by atoms with Gasteiger partial charge in [0.1, 0.15) is 23.2 Å². The molecule has 1 aliphatic carbocycles. The summed E-state index contributed by atoms with van der Waals surface area (Å²) in [6, 6.07) is 3.42. The maximum absolute atomic E-state index is 14.6. The van der Waals surface area contributed by atoms with Crippen LogP contribution in [-0.4, -0.2) is 31.8 Å². The molecule has 0 bridgehead atoms. The summed E-state index contributed by atoms with van der Waals surface area (Å²) in [6.45, 7) is 2.26. The molecule has 0 spiro atoms. The Labute approximate surface area is 182 Å². The standard InChI is InChI=1S/C23H21F2N5O2/c1-11-27-23-21(32-11)20(15-5-4-14(24)9-17(15)25)28-22(29-23)13-6-7-31-18(8-13)16-10-26-30-19(16)12-2-3-12/h4-5,9-10,12-13,18H,2-3,6-8H2,1H3,(H,26,30)/t13?,18-/m1/s1. The first-order valence-corrected chi connectivity index (χ1v) is 10.8. The van der Waals surface area contributed by atoms with Crippen molar-refractivity contribution in [2.75, 3.05) is 6.61 Å². The molecule has 2 atom stereocenters. The number of nitrogens with one attached hydrogen (secondary N) is 1. The Balaban J connectivity index is 1.40. The van der Waals surface area contributed by atoms with Crippen LogP contribution in [0.5, 0.6) is 0 Å². The van der Waals surface area contributed by atoms with Gasteiger partial charge in [-0.1, -0.05) is 0 Å². The lowest BCUT2D eigenvalue weighted by Crippen LogP contribution is -2.21. The molecule has 1 aromatic carbocycles. The van der Waals surface area contributed by atoms with Crippen molar-refractivity contribution in [1.82, 2.24) is 25.1 Å². The van der Waals surface area contributed by atoms with Gasteiger partial charge in [0.15, 0.2) is 11.5 Å². The summed E-state index contributed by atoms with van der Waals surface area (Å²) in [5.41, 5.74) is 3.30. The fraction of sp³-hybridized carbons (Fsp3) is 0.391. The van der Waals surface area contributed by atoms with Crippen molar-refractivity contribution in [2.45, 2.75) is 50.5 Å². The smallest absolute Gasteiger partial charge is 0.202 e. The summed E-state index contributed by atoms with van der Waals surface area (Å²) in [4.78, 5) is 13.7. The number of H-pyrrole nitrogens is 1. The highest BCUT2D eigenvalue weighted by Crippen LogP contribution is 2.45. The minimum absolute atomic E-state index is 0.000584. The number of hydrogen-bond acceptors (Lipinski definition) is 6. The Morgan fingerprint density at radius 3 is 2.75 bits per heavy atom. The summed E-state index contributed by atoms with van der Waals surface area (Å²) >= 11 is 0. The molecule has 0 amide bonds. The fourth-order valence-corrected chi connectivity index (χ4v) is 4.49. The van der Waals surface area contributed by atoms with Crippen molar-refractivity contribution in [2.24, 2.45) is 0 Å². The second-order valence-electron chi connectivity index (χ2n) is 8.52. The van der Waals surface area contributed by atoms with Crippen LogP contribution in [0.3, 0.4) is 0 Å². The Hall–Kier alpha value is -3.20. The number of nitrogens with zero attached hydrogens (tertiary/aromatic N) is 4. The lowest BCUT2D eigenvalue weighted by molar-refractivity contribution is 0.00352. The van der Waals surface area contributed by atoms with Crippen LogP contribution in [0.15, 0.2) is 28.8 Å². The molecular weight excluding hydrogens is 416 g/mol. The molecule has 2 fully saturated rings. The van der Waals surface area contributed by atoms with Gasteiger partial charge in [0.05, 0.1) is 11.8 Å². The van der Waals surface area contributed by atoms with E-state index in [9.17, 15) is 8.78 Å². The van der Waals surface area contributed by atoms with Crippen LogP contribution in [-0.2, 0) is 4.74 Å². The second kappa shape index (κ2) is 7.44. The second-order valence-corrected chi connectivity index (χ2v) is 8.52. The van der Waals surface area contributed by atoms with E-state index in [1.54, 1.807) is 6.92 Å². The van der Waals surface area contributed by atoms with Crippen molar-refractivity contribution in [3.05, 3.63) is 59.0 Å². The molecular formula is C23H21F2N5O2. The van der Waals surface area contributed by atoms with Crippen LogP contribution in [0, 0.1) is 18.6 Å². The third-order valence-electron chi connectivity index (χ3n) is 6.23. The van der Waals surface area contributed by atoms with E-state index >= 15 is 0 Å². The number of fused-ring (bicyclic) bond motifs is 1. The molecule has 7 nitrogen and oxygen atoms in total. The van der Waals surface area contributed by atoms with Crippen LogP contribution in [0.25, 0.3) is 22.5 Å². The van der Waals surface area contributed by atoms with Gasteiger partial charge in [-0.05, 0) is 37.8 Å². The Kier molecular flexibility index (Phi) is 4.53. The lowest BCUT2D eigenvalue weighted by Gasteiger charge is -2.29. The van der Waals surface area contributed by atoms with E-state index in [0.717, 1.165) is 36.6 Å². The third-order valence-corrected chi connectivity index (χ3v) is 6.23. The topological polar surface area (TPSA) is 89.7 Å². The molecule has 0 radical (unpaired) electrons. The number of hydrogen-bond donors (Lipinski definition) is 1. The van der Waals surface area contributed by atoms with Gasteiger partial charge < -0.3 is 9.15 Å². The van der Waals surface area contributed by atoms with Crippen LogP contribution in [0.2, 0.25) is 0 Å². The van der Waals surface area contributed by atoms with E-state index in [1.807, 2.05) is 6.20 Å². The highest BCUT2D eigenvalue weighted by molar-refractivity contribution is 5.85. The zero-order valence-electron chi connectivity index (χ0n) is 17.4. The van der Waals surface area contributed by atoms with Gasteiger partial charge in [0.25, 0.3) is 0 Å². The summed E-state index contributed by atoms with van der Waals surface area (Å²) in [5, 5.41) is 7.42. The van der Waals surface area contributed by atoms with E-state index in [2.05, 4.69) is 20.2 Å². The van der Waals surface area contributed by atoms with E-state index in [1.165, 1.54) is 12.1 Å². The number of oxazole rings is 1. The average Bonchev–Trinajstić information content (AvgIpc) is 3.37. The molecule has 3 aromatic heterocycles. The van der Waals surface area contributed by atoms with Crippen molar-refractivity contribution in [3.63, 3.8) is 0 Å². The van der Waals surface area contributed by atoms with Crippen molar-refractivity contribution < 1.29 is 17.9 Å². The van der Waals surface area contributed by atoms with Gasteiger partial charge in [0.2, 0.25) is 5.65 Å². The van der Waals surface area contributed by atoms with Crippen molar-refractivity contribution >= 4 is 11.2 Å². The highest BCUT2D eigenvalue weighted by Gasteiger charge is 2.35. The van der Waals surface area contributed by atoms with Crippen molar-refractivity contribution in [1.29, 1.82) is 0 Å². The van der Waals surface area contributed by atoms with E-state index in [4.69, 9.17) is 14.1 Å². The fourth-order valence-electron chi connectivity index (χ4n) is 4.49. The quantitative estimate of drug-likeness (QED) is 0.477. The van der Waals surface area contributed by atoms with Gasteiger partial charge in [0, 0.05) is 48.8 Å². The minimum atomic E-state index is -0.706. The summed E-state index contributed by atoms with van der Waals surface area (Å²) in [7, 11) is 0. The molecule has 2 aliphatic rings. The molecule has 32 heavy (non-hydrogen) atoms. The number of aryl methyl sites for hydroxylation is 1. The maximum atomic E-state index is 14.6. The van der Waals surface area contributed by atoms with Gasteiger partial charge in [-0.25, -0.2) is 18.7 Å². The molecule has 1 aliphatic heterocycles. The predicted molar refractivity (Wildman–Crippen MR) is 111 cm³/mol. The number of aromatic amines is 1. The van der Waals surface area contributed by atoms with Crippen LogP contribution in [0.4, 0.5) is 8.78 Å². The monoisotopic (exact) mass is 437 g/mol. The molecule has 1 saturated carbocycles. The summed E-state index contributed by atoms with van der Waals surface area (Å²) in [6.07, 6.45) is 5.56. The number of benzene rings is 1. The molecule has 1 N–H and O–H groups in total. The number of rotatable bonds is 4. The molecule has 6 rings (SSSR count). The molecule has 9 heteroatoms. The van der Waals surface area contributed by atoms with Gasteiger partial charge in [-0.2, -0.15) is 10.1 Å². The molecule has 1 saturated heterocycles. The first-order valence-electron chi connectivity index (χ1n) is 10.8. The number of aromatic nitrogens is 5. The zero-order chi connectivity index (χ0) is 21.8. The largest absolute Gasteiger partial charge is 0.437 e. The minimum Gasteiger partial charge on any atom is -0.437 e. The van der Waals surface area contributed by atoms with Gasteiger partial charge in [-0.15, -0.1) is 0 Å². The SMILES string of the molecule is Cc1nc2nc(C3CCO[C@@H](c4c[nH]nc4C4CC4)C3)nc(-c3ccc(F)cc3F)c2o1. The average molecular weight is 437 g/mol. The maximum Gasteiger partial charge on any atom is 0.202 e. The van der Waals surface area contributed by atoms with Crippen LogP contribution in [0.1, 0.15) is 66.6 Å². The van der Waals surface area contributed by atoms with E-state index < -0.39 is 11.6 Å². The predicted octanol–water partition coefficient (Wildman–Crippen LogP) is 5.11. The van der Waals surface area contributed by atoms with Crippen LogP contribution < -0.4 is 0 Å². The molecule has 4 aromatic rings. The molecule has 4 heterocycles. The number of halogens is 2. The number of ether oxygens (including phenoxy) is 1. The highest BCUT2D eigenvalue weighted by atomic mass is 19.1. The van der Waals surface area contributed by atoms with E-state index in [-0.39, 0.29) is 23.3 Å². The van der Waals surface area contributed by atoms with Gasteiger partial charge in [-0.3, -0.25) is 5.10 Å². The summed E-state index contributed by atoms with van der Waals surface area (Å²) < 4.78 is 39.9. The van der Waals surface area contributed by atoms with Crippen LogP contribution >= 0.6 is 0 Å². The first kappa shape index (κ1) is 19.5. The Morgan fingerprint density at radius 2 is 1.94 bits per heavy atom. The summed E-state index contributed by atoms with van der Waals surface area (Å²) in [5.74, 6) is 0.131. The third kappa shape index (κ3) is 3.37. The normalized spacial score (nSPS) is 21.3. The Bertz CT molecular complexity index is 1310. The van der Waals surface area contributed by atoms with Gasteiger partial charge >= 0.3 is 0 Å². The molecule has 1 unspecified atom stereocenters. The van der Waals surface area contributed by atoms with E-state index in [0.29, 0.717) is 41.9 Å². The first-order chi connectivity index (χ1) is 15.6. The zero-order valence-corrected chi connectivity index (χ0v) is 17.4. The Morgan fingerprint density at radius 1 is 1.06 bits per heavy atom.